The maximum Gasteiger partial charge on any atom is 0.316 e. The lowest BCUT2D eigenvalue weighted by molar-refractivity contribution is -0.165. The number of methoxy groups -OCH3 is 2. The van der Waals surface area contributed by atoms with Gasteiger partial charge >= 0.3 is 6.01 Å². The summed E-state index contributed by atoms with van der Waals surface area (Å²) >= 11 is 0. The lowest BCUT2D eigenvalue weighted by Gasteiger charge is -2.40. The SMILES string of the molecule is CO[C@H]1[C@H](N(C)C(=O)COc2ncccn2)COC[C@H]1OC. The molecule has 0 bridgehead atoms. The number of carbonyl (C=O) groups is 1. The van der Waals surface area contributed by atoms with Gasteiger partial charge in [0.05, 0.1) is 19.3 Å². The highest BCUT2D eigenvalue weighted by Crippen LogP contribution is 2.19. The van der Waals surface area contributed by atoms with Crippen LogP contribution in [0.5, 0.6) is 6.01 Å². The van der Waals surface area contributed by atoms with Crippen LogP contribution in [0.1, 0.15) is 0 Å². The fourth-order valence-corrected chi connectivity index (χ4v) is 2.36. The van der Waals surface area contributed by atoms with E-state index in [1.165, 1.54) is 0 Å². The molecule has 0 aromatic carbocycles. The van der Waals surface area contributed by atoms with E-state index in [2.05, 4.69) is 9.97 Å². The Kier molecular flexibility index (Phi) is 6.05. The van der Waals surface area contributed by atoms with E-state index in [1.807, 2.05) is 0 Å². The van der Waals surface area contributed by atoms with Crippen LogP contribution in [-0.4, -0.2) is 80.1 Å². The molecule has 2 rings (SSSR count). The van der Waals surface area contributed by atoms with Gasteiger partial charge in [0.1, 0.15) is 12.2 Å². The number of hydrogen-bond acceptors (Lipinski definition) is 7. The molecule has 1 amide bonds. The van der Waals surface area contributed by atoms with Crippen molar-refractivity contribution < 1.29 is 23.7 Å². The molecule has 1 aliphatic heterocycles. The fraction of sp³-hybridized carbons (Fsp3) is 0.643. The molecule has 8 nitrogen and oxygen atoms in total. The van der Waals surface area contributed by atoms with E-state index in [-0.39, 0.29) is 36.8 Å². The monoisotopic (exact) mass is 311 g/mol. The Hall–Kier alpha value is -1.77. The van der Waals surface area contributed by atoms with Crippen LogP contribution in [0.25, 0.3) is 0 Å². The Morgan fingerprint density at radius 2 is 2.05 bits per heavy atom. The minimum Gasteiger partial charge on any atom is -0.453 e. The van der Waals surface area contributed by atoms with E-state index >= 15 is 0 Å². The van der Waals surface area contributed by atoms with E-state index in [0.717, 1.165) is 0 Å². The standard InChI is InChI=1S/C14H21N3O5/c1-17(10-7-21-8-11(19-2)13(10)20-3)12(18)9-22-14-15-5-4-6-16-14/h4-6,10-11,13H,7-9H2,1-3H3/t10-,11-,13+/m1/s1. The minimum atomic E-state index is -0.249. The van der Waals surface area contributed by atoms with Crippen molar-refractivity contribution in [2.75, 3.05) is 41.1 Å². The third kappa shape index (κ3) is 3.90. The Labute approximate surface area is 129 Å². The van der Waals surface area contributed by atoms with Crippen molar-refractivity contribution in [1.82, 2.24) is 14.9 Å². The summed E-state index contributed by atoms with van der Waals surface area (Å²) in [4.78, 5) is 21.6. The van der Waals surface area contributed by atoms with Crippen LogP contribution in [0.3, 0.4) is 0 Å². The van der Waals surface area contributed by atoms with Crippen LogP contribution < -0.4 is 4.74 Å². The number of likely N-dealkylation sites (N-methyl/N-ethyl adjacent to an activating group) is 1. The second-order valence-electron chi connectivity index (χ2n) is 4.90. The highest BCUT2D eigenvalue weighted by Gasteiger charge is 2.38. The third-order valence-corrected chi connectivity index (χ3v) is 3.65. The van der Waals surface area contributed by atoms with Crippen molar-refractivity contribution in [2.45, 2.75) is 18.2 Å². The van der Waals surface area contributed by atoms with Gasteiger partial charge in [-0.3, -0.25) is 4.79 Å². The minimum absolute atomic E-state index is 0.148. The van der Waals surface area contributed by atoms with Crippen molar-refractivity contribution in [3.05, 3.63) is 18.5 Å². The summed E-state index contributed by atoms with van der Waals surface area (Å²) in [7, 11) is 4.89. The predicted octanol–water partition coefficient (Wildman–Crippen LogP) is -0.257. The van der Waals surface area contributed by atoms with Gasteiger partial charge in [0.2, 0.25) is 0 Å². The van der Waals surface area contributed by atoms with Gasteiger partial charge in [0.25, 0.3) is 5.91 Å². The quantitative estimate of drug-likeness (QED) is 0.716. The van der Waals surface area contributed by atoms with E-state index in [0.29, 0.717) is 13.2 Å². The maximum absolute atomic E-state index is 12.3. The van der Waals surface area contributed by atoms with Crippen LogP contribution in [-0.2, 0) is 19.0 Å². The molecule has 0 spiro atoms. The molecule has 0 unspecified atom stereocenters. The smallest absolute Gasteiger partial charge is 0.316 e. The Morgan fingerprint density at radius 3 is 2.68 bits per heavy atom. The number of nitrogens with zero attached hydrogens (tertiary/aromatic N) is 3. The highest BCUT2D eigenvalue weighted by atomic mass is 16.6. The number of amides is 1. The lowest BCUT2D eigenvalue weighted by atomic mass is 10.0. The molecule has 1 fully saturated rings. The molecule has 122 valence electrons. The Balaban J connectivity index is 1.93. The van der Waals surface area contributed by atoms with Crippen molar-refractivity contribution in [1.29, 1.82) is 0 Å². The zero-order chi connectivity index (χ0) is 15.9. The normalized spacial score (nSPS) is 24.8. The molecule has 0 saturated carbocycles. The molecule has 0 N–H and O–H groups in total. The van der Waals surface area contributed by atoms with Crippen molar-refractivity contribution in [3.8, 4) is 6.01 Å². The van der Waals surface area contributed by atoms with Crippen LogP contribution in [0.2, 0.25) is 0 Å². The number of hydrogen-bond donors (Lipinski definition) is 0. The summed E-state index contributed by atoms with van der Waals surface area (Å²) in [6.45, 7) is 0.690. The van der Waals surface area contributed by atoms with E-state index < -0.39 is 0 Å². The Bertz CT molecular complexity index is 473. The topological polar surface area (TPSA) is 83.0 Å². The first-order valence-corrected chi connectivity index (χ1v) is 6.96. The summed E-state index contributed by atoms with van der Waals surface area (Å²) in [5.74, 6) is -0.208. The van der Waals surface area contributed by atoms with Gasteiger partial charge in [0, 0.05) is 33.7 Å². The van der Waals surface area contributed by atoms with Crippen molar-refractivity contribution in [2.24, 2.45) is 0 Å². The first-order valence-electron chi connectivity index (χ1n) is 6.96. The van der Waals surface area contributed by atoms with Gasteiger partial charge in [0.15, 0.2) is 6.61 Å². The summed E-state index contributed by atoms with van der Waals surface area (Å²) in [6, 6.07) is 1.60. The van der Waals surface area contributed by atoms with Gasteiger partial charge in [-0.2, -0.15) is 0 Å². The summed E-state index contributed by atoms with van der Waals surface area (Å²) in [6.07, 6.45) is 2.64. The molecular weight excluding hydrogens is 290 g/mol. The van der Waals surface area contributed by atoms with Crippen LogP contribution in [0.15, 0.2) is 18.5 Å². The molecule has 0 aliphatic carbocycles. The van der Waals surface area contributed by atoms with Gasteiger partial charge in [-0.1, -0.05) is 0 Å². The van der Waals surface area contributed by atoms with Crippen molar-refractivity contribution in [3.63, 3.8) is 0 Å². The van der Waals surface area contributed by atoms with Crippen molar-refractivity contribution >= 4 is 5.91 Å². The summed E-state index contributed by atoms with van der Waals surface area (Å²) in [5.41, 5.74) is 0. The number of rotatable bonds is 6. The van der Waals surface area contributed by atoms with E-state index in [4.69, 9.17) is 18.9 Å². The lowest BCUT2D eigenvalue weighted by Crippen LogP contribution is -2.58. The first kappa shape index (κ1) is 16.6. The predicted molar refractivity (Wildman–Crippen MR) is 76.5 cm³/mol. The average Bonchev–Trinajstić information content (AvgIpc) is 2.59. The molecular formula is C14H21N3O5. The zero-order valence-electron chi connectivity index (χ0n) is 13.0. The number of aromatic nitrogens is 2. The van der Waals surface area contributed by atoms with Crippen LogP contribution in [0.4, 0.5) is 0 Å². The average molecular weight is 311 g/mol. The second-order valence-corrected chi connectivity index (χ2v) is 4.90. The molecule has 1 aromatic rings. The van der Waals surface area contributed by atoms with E-state index in [1.54, 1.807) is 44.6 Å². The third-order valence-electron chi connectivity index (χ3n) is 3.65. The summed E-state index contributed by atoms with van der Waals surface area (Å²) < 4.78 is 21.6. The molecule has 22 heavy (non-hydrogen) atoms. The number of carbonyl (C=O) groups excluding carboxylic acids is 1. The molecule has 1 aromatic heterocycles. The van der Waals surface area contributed by atoms with Crippen LogP contribution in [0, 0.1) is 0 Å². The van der Waals surface area contributed by atoms with E-state index in [9.17, 15) is 4.79 Å². The second kappa shape index (κ2) is 8.02. The maximum atomic E-state index is 12.3. The van der Waals surface area contributed by atoms with Gasteiger partial charge in [-0.05, 0) is 6.07 Å². The summed E-state index contributed by atoms with van der Waals surface area (Å²) in [5, 5.41) is 0. The Morgan fingerprint density at radius 1 is 1.32 bits per heavy atom. The zero-order valence-corrected chi connectivity index (χ0v) is 13.0. The largest absolute Gasteiger partial charge is 0.453 e. The molecule has 2 heterocycles. The molecule has 3 atom stereocenters. The fourth-order valence-electron chi connectivity index (χ4n) is 2.36. The first-order chi connectivity index (χ1) is 10.7. The van der Waals surface area contributed by atoms with Crippen LogP contribution >= 0.6 is 0 Å². The molecule has 1 aliphatic rings. The number of ether oxygens (including phenoxy) is 4. The van der Waals surface area contributed by atoms with Gasteiger partial charge in [-0.25, -0.2) is 9.97 Å². The highest BCUT2D eigenvalue weighted by molar-refractivity contribution is 5.77. The molecule has 8 heteroatoms. The van der Waals surface area contributed by atoms with Gasteiger partial charge in [-0.15, -0.1) is 0 Å². The van der Waals surface area contributed by atoms with Gasteiger partial charge < -0.3 is 23.8 Å². The molecule has 0 radical (unpaired) electrons. The molecule has 1 saturated heterocycles.